The second-order valence-corrected chi connectivity index (χ2v) is 4.63. The minimum absolute atomic E-state index is 0.0197. The summed E-state index contributed by atoms with van der Waals surface area (Å²) in [7, 11) is 0. The molecule has 1 aromatic heterocycles. The number of nitrogens with one attached hydrogen (secondary N) is 1. The van der Waals surface area contributed by atoms with Gasteiger partial charge in [0.25, 0.3) is 11.6 Å². The van der Waals surface area contributed by atoms with Crippen molar-refractivity contribution in [3.8, 4) is 0 Å². The first-order valence-corrected chi connectivity index (χ1v) is 6.30. The van der Waals surface area contributed by atoms with E-state index < -0.39 is 16.4 Å². The number of amides is 1. The van der Waals surface area contributed by atoms with Crippen LogP contribution in [0, 0.1) is 10.1 Å². The quantitative estimate of drug-likeness (QED) is 0.504. The van der Waals surface area contributed by atoms with Crippen LogP contribution in [0.4, 0.5) is 11.5 Å². The van der Waals surface area contributed by atoms with Gasteiger partial charge in [-0.15, -0.1) is 0 Å². The van der Waals surface area contributed by atoms with Gasteiger partial charge in [-0.25, -0.2) is 4.98 Å². The van der Waals surface area contributed by atoms with E-state index >= 15 is 0 Å². The van der Waals surface area contributed by atoms with Crippen LogP contribution in [0.2, 0.25) is 0 Å². The molecule has 0 radical (unpaired) electrons. The Hall–Kier alpha value is -2.22. The van der Waals surface area contributed by atoms with E-state index in [4.69, 9.17) is 11.5 Å². The van der Waals surface area contributed by atoms with E-state index in [-0.39, 0.29) is 17.1 Å². The van der Waals surface area contributed by atoms with Gasteiger partial charge >= 0.3 is 0 Å². The SMILES string of the molecule is CCC(N)(CC)CNc1ncc([N+](=O)[O-])cc1C(N)=O. The predicted molar refractivity (Wildman–Crippen MR) is 75.4 cm³/mol. The van der Waals surface area contributed by atoms with Crippen LogP contribution in [0.15, 0.2) is 12.3 Å². The summed E-state index contributed by atoms with van der Waals surface area (Å²) in [5.74, 6) is -0.570. The molecule has 0 aliphatic rings. The van der Waals surface area contributed by atoms with Crippen molar-refractivity contribution in [1.82, 2.24) is 4.98 Å². The van der Waals surface area contributed by atoms with Crippen LogP contribution in [0.25, 0.3) is 0 Å². The van der Waals surface area contributed by atoms with Crippen molar-refractivity contribution in [1.29, 1.82) is 0 Å². The van der Waals surface area contributed by atoms with Gasteiger partial charge in [0.15, 0.2) is 0 Å². The van der Waals surface area contributed by atoms with E-state index in [1.165, 1.54) is 0 Å². The highest BCUT2D eigenvalue weighted by Gasteiger charge is 2.22. The third-order valence-electron chi connectivity index (χ3n) is 3.37. The highest BCUT2D eigenvalue weighted by molar-refractivity contribution is 5.98. The molecule has 0 unspecified atom stereocenters. The number of primary amides is 1. The molecule has 0 fully saturated rings. The first-order valence-electron chi connectivity index (χ1n) is 6.30. The second-order valence-electron chi connectivity index (χ2n) is 4.63. The molecule has 8 nitrogen and oxygen atoms in total. The smallest absolute Gasteiger partial charge is 0.288 e. The predicted octanol–water partition coefficient (Wildman–Crippen LogP) is 1.02. The fourth-order valence-corrected chi connectivity index (χ4v) is 1.64. The molecule has 0 aromatic carbocycles. The summed E-state index contributed by atoms with van der Waals surface area (Å²) in [6.07, 6.45) is 2.57. The lowest BCUT2D eigenvalue weighted by molar-refractivity contribution is -0.385. The van der Waals surface area contributed by atoms with Gasteiger partial charge < -0.3 is 16.8 Å². The fraction of sp³-hybridized carbons (Fsp3) is 0.500. The number of hydrogen-bond acceptors (Lipinski definition) is 6. The Labute approximate surface area is 116 Å². The molecule has 0 spiro atoms. The third-order valence-corrected chi connectivity index (χ3v) is 3.37. The molecule has 0 bridgehead atoms. The van der Waals surface area contributed by atoms with Crippen LogP contribution < -0.4 is 16.8 Å². The van der Waals surface area contributed by atoms with E-state index in [0.717, 1.165) is 25.1 Å². The van der Waals surface area contributed by atoms with Crippen LogP contribution in [-0.2, 0) is 0 Å². The van der Waals surface area contributed by atoms with Crippen LogP contribution in [0.1, 0.15) is 37.0 Å². The normalized spacial score (nSPS) is 11.2. The first-order chi connectivity index (χ1) is 9.33. The molecule has 1 amide bonds. The number of anilines is 1. The fourth-order valence-electron chi connectivity index (χ4n) is 1.64. The van der Waals surface area contributed by atoms with Crippen molar-refractivity contribution in [2.75, 3.05) is 11.9 Å². The number of nitro groups is 1. The van der Waals surface area contributed by atoms with Gasteiger partial charge in [0, 0.05) is 18.2 Å². The molecule has 0 atom stereocenters. The summed E-state index contributed by atoms with van der Waals surface area (Å²) in [6, 6.07) is 1.10. The highest BCUT2D eigenvalue weighted by Crippen LogP contribution is 2.20. The minimum Gasteiger partial charge on any atom is -0.368 e. The van der Waals surface area contributed by atoms with E-state index in [1.54, 1.807) is 0 Å². The van der Waals surface area contributed by atoms with Crippen LogP contribution >= 0.6 is 0 Å². The molecule has 8 heteroatoms. The van der Waals surface area contributed by atoms with Crippen molar-refractivity contribution >= 4 is 17.4 Å². The first kappa shape index (κ1) is 15.8. The Kier molecular flexibility index (Phi) is 4.98. The molecule has 0 saturated carbocycles. The van der Waals surface area contributed by atoms with Crippen molar-refractivity contribution in [3.63, 3.8) is 0 Å². The zero-order valence-corrected chi connectivity index (χ0v) is 11.5. The van der Waals surface area contributed by atoms with E-state index in [1.807, 2.05) is 13.8 Å². The van der Waals surface area contributed by atoms with Gasteiger partial charge in [-0.2, -0.15) is 0 Å². The van der Waals surface area contributed by atoms with Crippen molar-refractivity contribution in [2.24, 2.45) is 11.5 Å². The summed E-state index contributed by atoms with van der Waals surface area (Å²) >= 11 is 0. The second kappa shape index (κ2) is 6.29. The number of nitrogens with two attached hydrogens (primary N) is 2. The Balaban J connectivity index is 3.01. The lowest BCUT2D eigenvalue weighted by Gasteiger charge is -2.27. The maximum Gasteiger partial charge on any atom is 0.288 e. The monoisotopic (exact) mass is 281 g/mol. The number of aromatic nitrogens is 1. The largest absolute Gasteiger partial charge is 0.368 e. The molecule has 5 N–H and O–H groups in total. The van der Waals surface area contributed by atoms with Crippen LogP contribution in [0.5, 0.6) is 0 Å². The third kappa shape index (κ3) is 3.64. The number of nitrogens with zero attached hydrogens (tertiary/aromatic N) is 2. The Morgan fingerprint density at radius 1 is 1.50 bits per heavy atom. The van der Waals surface area contributed by atoms with Crippen molar-refractivity contribution in [3.05, 3.63) is 27.9 Å². The average Bonchev–Trinajstić information content (AvgIpc) is 2.44. The summed E-state index contributed by atoms with van der Waals surface area (Å²) in [6.45, 7) is 4.32. The van der Waals surface area contributed by atoms with Gasteiger partial charge in [0.2, 0.25) is 0 Å². The zero-order valence-electron chi connectivity index (χ0n) is 11.5. The molecule has 1 heterocycles. The highest BCUT2D eigenvalue weighted by atomic mass is 16.6. The summed E-state index contributed by atoms with van der Waals surface area (Å²) in [4.78, 5) is 25.3. The van der Waals surface area contributed by atoms with Gasteiger partial charge in [0.1, 0.15) is 12.0 Å². The number of carbonyl (C=O) groups excluding carboxylic acids is 1. The van der Waals surface area contributed by atoms with Gasteiger partial charge in [0.05, 0.1) is 10.5 Å². The minimum atomic E-state index is -0.778. The Morgan fingerprint density at radius 3 is 2.55 bits per heavy atom. The van der Waals surface area contributed by atoms with E-state index in [2.05, 4.69) is 10.3 Å². The van der Waals surface area contributed by atoms with Gasteiger partial charge in [-0.1, -0.05) is 13.8 Å². The maximum absolute atomic E-state index is 11.3. The molecule has 1 rings (SSSR count). The lowest BCUT2D eigenvalue weighted by atomic mass is 9.94. The van der Waals surface area contributed by atoms with Crippen molar-refractivity contribution in [2.45, 2.75) is 32.2 Å². The molecule has 20 heavy (non-hydrogen) atoms. The topological polar surface area (TPSA) is 137 Å². The molecular weight excluding hydrogens is 262 g/mol. The summed E-state index contributed by atoms with van der Waals surface area (Å²) in [5, 5.41) is 13.6. The Morgan fingerprint density at radius 2 is 2.10 bits per heavy atom. The standard InChI is InChI=1S/C12H19N5O3/c1-3-12(14,4-2)7-16-11-9(10(13)18)5-8(6-15-11)17(19)20/h5-6H,3-4,7,14H2,1-2H3,(H2,13,18)(H,15,16). The van der Waals surface area contributed by atoms with E-state index in [0.29, 0.717) is 6.54 Å². The van der Waals surface area contributed by atoms with Gasteiger partial charge in [-0.3, -0.25) is 14.9 Å². The molecule has 1 aromatic rings. The number of rotatable bonds is 7. The average molecular weight is 281 g/mol. The van der Waals surface area contributed by atoms with Gasteiger partial charge in [-0.05, 0) is 12.8 Å². The van der Waals surface area contributed by atoms with Crippen LogP contribution in [0.3, 0.4) is 0 Å². The van der Waals surface area contributed by atoms with Crippen molar-refractivity contribution < 1.29 is 9.72 Å². The molecule has 0 aliphatic carbocycles. The van der Waals surface area contributed by atoms with Crippen LogP contribution in [-0.4, -0.2) is 27.9 Å². The maximum atomic E-state index is 11.3. The lowest BCUT2D eigenvalue weighted by Crippen LogP contribution is -2.45. The van der Waals surface area contributed by atoms with E-state index in [9.17, 15) is 14.9 Å². The number of hydrogen-bond donors (Lipinski definition) is 3. The number of pyridine rings is 1. The summed E-state index contributed by atoms with van der Waals surface area (Å²) < 4.78 is 0. The summed E-state index contributed by atoms with van der Waals surface area (Å²) in [5.41, 5.74) is 10.6. The molecular formula is C12H19N5O3. The molecule has 110 valence electrons. The Bertz CT molecular complexity index is 514. The molecule has 0 saturated heterocycles. The zero-order chi connectivity index (χ0) is 15.3. The number of carbonyl (C=O) groups is 1. The molecule has 0 aliphatic heterocycles.